The smallest absolute Gasteiger partial charge is 0.229 e. The summed E-state index contributed by atoms with van der Waals surface area (Å²) in [5.74, 6) is 2.52. The summed E-state index contributed by atoms with van der Waals surface area (Å²) in [6, 6.07) is 8.72. The number of anilines is 3. The van der Waals surface area contributed by atoms with Crippen LogP contribution in [0.15, 0.2) is 24.3 Å². The maximum Gasteiger partial charge on any atom is 0.229 e. The number of benzene rings is 1. The van der Waals surface area contributed by atoms with Crippen LogP contribution in [-0.2, 0) is 6.42 Å². The van der Waals surface area contributed by atoms with Gasteiger partial charge in [-0.15, -0.1) is 0 Å². The van der Waals surface area contributed by atoms with E-state index in [1.165, 1.54) is 12.8 Å². The molecule has 0 spiro atoms. The number of piperidine rings is 1. The van der Waals surface area contributed by atoms with E-state index >= 15 is 0 Å². The average molecular weight is 370 g/mol. The zero-order chi connectivity index (χ0) is 19.2. The first-order chi connectivity index (χ1) is 13.1. The Labute approximate surface area is 162 Å². The number of ether oxygens (including phenoxy) is 1. The lowest BCUT2D eigenvalue weighted by Gasteiger charge is -2.33. The van der Waals surface area contributed by atoms with E-state index in [9.17, 15) is 0 Å². The van der Waals surface area contributed by atoms with Crippen LogP contribution in [-0.4, -0.2) is 43.3 Å². The Kier molecular flexibility index (Phi) is 6.50. The fourth-order valence-corrected chi connectivity index (χ4v) is 3.53. The molecule has 0 bridgehead atoms. The van der Waals surface area contributed by atoms with Crippen molar-refractivity contribution >= 4 is 17.5 Å². The van der Waals surface area contributed by atoms with Crippen LogP contribution in [0.4, 0.5) is 17.5 Å². The molecule has 1 aliphatic heterocycles. The molecule has 6 nitrogen and oxygen atoms in total. The number of likely N-dealkylation sites (N-methyl/N-ethyl adjacent to an activating group) is 1. The molecule has 2 aromatic rings. The molecule has 2 N–H and O–H groups in total. The van der Waals surface area contributed by atoms with E-state index in [0.717, 1.165) is 54.4 Å². The molecule has 1 aromatic heterocycles. The summed E-state index contributed by atoms with van der Waals surface area (Å²) in [4.78, 5) is 11.9. The van der Waals surface area contributed by atoms with Crippen LogP contribution in [0.5, 0.6) is 5.75 Å². The predicted octanol–water partition coefficient (Wildman–Crippen LogP) is 3.68. The quantitative estimate of drug-likeness (QED) is 0.776. The number of rotatable bonds is 7. The SMILES string of the molecule is CCCc1cc(N2CCCC(NC)C2)nc(Nc2ccc(C)c(OC)c2)n1. The predicted molar refractivity (Wildman–Crippen MR) is 111 cm³/mol. The normalized spacial score (nSPS) is 17.0. The van der Waals surface area contributed by atoms with Gasteiger partial charge in [0.2, 0.25) is 5.95 Å². The molecule has 1 saturated heterocycles. The van der Waals surface area contributed by atoms with Gasteiger partial charge in [0.05, 0.1) is 7.11 Å². The Morgan fingerprint density at radius 2 is 2.11 bits per heavy atom. The highest BCUT2D eigenvalue weighted by Gasteiger charge is 2.20. The Balaban J connectivity index is 1.87. The maximum atomic E-state index is 5.43. The first-order valence-corrected chi connectivity index (χ1v) is 9.84. The Morgan fingerprint density at radius 3 is 2.85 bits per heavy atom. The molecule has 27 heavy (non-hydrogen) atoms. The minimum Gasteiger partial charge on any atom is -0.496 e. The zero-order valence-electron chi connectivity index (χ0n) is 16.9. The summed E-state index contributed by atoms with van der Waals surface area (Å²) in [6.07, 6.45) is 4.41. The van der Waals surface area contributed by atoms with Crippen LogP contribution >= 0.6 is 0 Å². The van der Waals surface area contributed by atoms with Gasteiger partial charge in [-0.05, 0) is 44.9 Å². The van der Waals surface area contributed by atoms with Crippen molar-refractivity contribution in [3.63, 3.8) is 0 Å². The fourth-order valence-electron chi connectivity index (χ4n) is 3.53. The maximum absolute atomic E-state index is 5.43. The Hall–Kier alpha value is -2.34. The van der Waals surface area contributed by atoms with Gasteiger partial charge in [0.15, 0.2) is 0 Å². The highest BCUT2D eigenvalue weighted by Crippen LogP contribution is 2.26. The van der Waals surface area contributed by atoms with Gasteiger partial charge in [-0.1, -0.05) is 19.4 Å². The largest absolute Gasteiger partial charge is 0.496 e. The van der Waals surface area contributed by atoms with Gasteiger partial charge in [-0.2, -0.15) is 4.98 Å². The van der Waals surface area contributed by atoms with Crippen LogP contribution in [0.25, 0.3) is 0 Å². The van der Waals surface area contributed by atoms with Gasteiger partial charge in [0.25, 0.3) is 0 Å². The van der Waals surface area contributed by atoms with E-state index in [1.54, 1.807) is 7.11 Å². The van der Waals surface area contributed by atoms with E-state index in [-0.39, 0.29) is 0 Å². The summed E-state index contributed by atoms with van der Waals surface area (Å²) in [6.45, 7) is 6.24. The van der Waals surface area contributed by atoms with Crippen molar-refractivity contribution in [1.29, 1.82) is 0 Å². The summed E-state index contributed by atoms with van der Waals surface area (Å²) < 4.78 is 5.43. The molecule has 1 aromatic carbocycles. The van der Waals surface area contributed by atoms with Crippen LogP contribution in [0.3, 0.4) is 0 Å². The molecule has 1 atom stereocenters. The third kappa shape index (κ3) is 4.89. The van der Waals surface area contributed by atoms with Crippen molar-refractivity contribution in [3.8, 4) is 5.75 Å². The first-order valence-electron chi connectivity index (χ1n) is 9.84. The molecule has 2 heterocycles. The third-order valence-corrected chi connectivity index (χ3v) is 5.09. The minimum atomic E-state index is 0.515. The van der Waals surface area contributed by atoms with Crippen LogP contribution in [0, 0.1) is 6.92 Å². The van der Waals surface area contributed by atoms with Gasteiger partial charge < -0.3 is 20.3 Å². The molecule has 1 unspecified atom stereocenters. The molecule has 1 aliphatic rings. The highest BCUT2D eigenvalue weighted by atomic mass is 16.5. The number of nitrogens with one attached hydrogen (secondary N) is 2. The van der Waals surface area contributed by atoms with Crippen LogP contribution in [0.2, 0.25) is 0 Å². The van der Waals surface area contributed by atoms with E-state index in [2.05, 4.69) is 28.5 Å². The van der Waals surface area contributed by atoms with Crippen molar-refractivity contribution in [3.05, 3.63) is 35.5 Å². The lowest BCUT2D eigenvalue weighted by Crippen LogP contribution is -2.44. The number of aromatic nitrogens is 2. The number of methoxy groups -OCH3 is 1. The lowest BCUT2D eigenvalue weighted by atomic mass is 10.1. The summed E-state index contributed by atoms with van der Waals surface area (Å²) in [5, 5.41) is 6.77. The molecule has 0 amide bonds. The van der Waals surface area contributed by atoms with Crippen molar-refractivity contribution in [1.82, 2.24) is 15.3 Å². The monoisotopic (exact) mass is 369 g/mol. The van der Waals surface area contributed by atoms with E-state index < -0.39 is 0 Å². The minimum absolute atomic E-state index is 0.515. The second-order valence-corrected chi connectivity index (χ2v) is 7.17. The van der Waals surface area contributed by atoms with Gasteiger partial charge >= 0.3 is 0 Å². The molecule has 0 radical (unpaired) electrons. The molecular formula is C21H31N5O. The number of aryl methyl sites for hydroxylation is 2. The van der Waals surface area contributed by atoms with Crippen molar-refractivity contribution < 1.29 is 4.74 Å². The van der Waals surface area contributed by atoms with Gasteiger partial charge in [0, 0.05) is 42.6 Å². The molecule has 6 heteroatoms. The Bertz CT molecular complexity index is 764. The fraction of sp³-hybridized carbons (Fsp3) is 0.524. The topological polar surface area (TPSA) is 62.3 Å². The number of hydrogen-bond donors (Lipinski definition) is 2. The third-order valence-electron chi connectivity index (χ3n) is 5.09. The highest BCUT2D eigenvalue weighted by molar-refractivity contribution is 5.59. The molecule has 146 valence electrons. The van der Waals surface area contributed by atoms with Gasteiger partial charge in [0.1, 0.15) is 11.6 Å². The average Bonchev–Trinajstić information content (AvgIpc) is 2.69. The molecule has 0 saturated carbocycles. The standard InChI is InChI=1S/C21H31N5O/c1-5-7-16-13-20(26-11-6-8-18(14-26)22-3)25-21(23-16)24-17-10-9-15(2)19(12-17)27-4/h9-10,12-13,18,22H,5-8,11,14H2,1-4H3,(H,23,24,25). The van der Waals surface area contributed by atoms with Gasteiger partial charge in [-0.25, -0.2) is 4.98 Å². The van der Waals surface area contributed by atoms with Crippen molar-refractivity contribution in [2.45, 2.75) is 45.6 Å². The number of hydrogen-bond acceptors (Lipinski definition) is 6. The summed E-state index contributed by atoms with van der Waals surface area (Å²) in [7, 11) is 3.73. The van der Waals surface area contributed by atoms with Crippen molar-refractivity contribution in [2.75, 3.05) is 37.5 Å². The molecule has 0 aliphatic carbocycles. The van der Waals surface area contributed by atoms with Crippen molar-refractivity contribution in [2.24, 2.45) is 0 Å². The van der Waals surface area contributed by atoms with E-state index in [4.69, 9.17) is 14.7 Å². The van der Waals surface area contributed by atoms with Crippen LogP contribution in [0.1, 0.15) is 37.4 Å². The molecule has 1 fully saturated rings. The summed E-state index contributed by atoms with van der Waals surface area (Å²) in [5.41, 5.74) is 3.12. The van der Waals surface area contributed by atoms with Crippen LogP contribution < -0.4 is 20.3 Å². The Morgan fingerprint density at radius 1 is 1.26 bits per heavy atom. The first kappa shape index (κ1) is 19.4. The zero-order valence-corrected chi connectivity index (χ0v) is 16.9. The number of nitrogens with zero attached hydrogens (tertiary/aromatic N) is 3. The lowest BCUT2D eigenvalue weighted by molar-refractivity contribution is 0.412. The second kappa shape index (κ2) is 9.04. The van der Waals surface area contributed by atoms with E-state index in [1.807, 2.05) is 32.2 Å². The molecule has 3 rings (SSSR count). The van der Waals surface area contributed by atoms with E-state index in [0.29, 0.717) is 12.0 Å². The summed E-state index contributed by atoms with van der Waals surface area (Å²) >= 11 is 0. The second-order valence-electron chi connectivity index (χ2n) is 7.17. The molecular weight excluding hydrogens is 338 g/mol. The van der Waals surface area contributed by atoms with Gasteiger partial charge in [-0.3, -0.25) is 0 Å².